The van der Waals surface area contributed by atoms with Crippen molar-refractivity contribution in [1.29, 1.82) is 0 Å². The zero-order valence-electron chi connectivity index (χ0n) is 28.5. The molecule has 12 heteroatoms. The summed E-state index contributed by atoms with van der Waals surface area (Å²) in [5, 5.41) is 0. The Morgan fingerprint density at radius 3 is 1.04 bits per heavy atom. The van der Waals surface area contributed by atoms with E-state index in [0.717, 1.165) is 46.6 Å². The van der Waals surface area contributed by atoms with Gasteiger partial charge in [-0.1, -0.05) is 61.0 Å². The predicted molar refractivity (Wildman–Crippen MR) is 205 cm³/mol. The number of hydrogen-bond donors (Lipinski definition) is 2. The summed E-state index contributed by atoms with van der Waals surface area (Å²) in [6.07, 6.45) is 2.17. The first-order chi connectivity index (χ1) is 23.0. The first-order valence-electron chi connectivity index (χ1n) is 13.9. The second-order valence-corrected chi connectivity index (χ2v) is 9.40. The van der Waals surface area contributed by atoms with Gasteiger partial charge >= 0.3 is 0 Å². The summed E-state index contributed by atoms with van der Waals surface area (Å²) in [5.41, 5.74) is 13.1. The molecule has 0 bridgehead atoms. The molecule has 0 amide bonds. The first kappa shape index (κ1) is 54.6. The Hall–Kier alpha value is -4.86. The number of rotatable bonds is 8. The molecule has 50 heavy (non-hydrogen) atoms. The third kappa shape index (κ3) is 36.0. The summed E-state index contributed by atoms with van der Waals surface area (Å²) in [6, 6.07) is 11.4. The van der Waals surface area contributed by atoms with Crippen molar-refractivity contribution in [3.63, 3.8) is 0 Å². The van der Waals surface area contributed by atoms with Crippen molar-refractivity contribution in [3.8, 4) is 94.0 Å². The van der Waals surface area contributed by atoms with Crippen molar-refractivity contribution < 1.29 is 36.5 Å². The summed E-state index contributed by atoms with van der Waals surface area (Å²) in [5.74, 6) is 33.6. The average molecular weight is 731 g/mol. The first-order valence-corrected chi connectivity index (χ1v) is 16.8. The maximum Gasteiger partial charge on any atom is 0.161 e. The molecule has 2 rings (SSSR count). The van der Waals surface area contributed by atoms with Crippen LogP contribution in [0, 0.1) is 71.0 Å². The van der Waals surface area contributed by atoms with Crippen molar-refractivity contribution in [1.82, 2.24) is 0 Å². The van der Waals surface area contributed by atoms with E-state index in [0.29, 0.717) is 26.3 Å². The van der Waals surface area contributed by atoms with Crippen LogP contribution in [0.1, 0.15) is 53.7 Å². The molecular weight excluding hydrogens is 681 g/mol. The molecule has 0 saturated heterocycles. The van der Waals surface area contributed by atoms with E-state index in [9.17, 15) is 0 Å². The molecule has 0 spiro atoms. The molecule has 0 aliphatic rings. The normalized spacial score (nSPS) is 8.64. The van der Waals surface area contributed by atoms with E-state index in [1.807, 2.05) is 50.2 Å². The lowest BCUT2D eigenvalue weighted by Gasteiger charge is -2.09. The maximum absolute atomic E-state index is 9.00. The fourth-order valence-corrected chi connectivity index (χ4v) is 2.61. The van der Waals surface area contributed by atoms with Crippen LogP contribution in [-0.4, -0.2) is 57.5 Å². The monoisotopic (exact) mass is 730 g/mol. The summed E-state index contributed by atoms with van der Waals surface area (Å²) >= 11 is -3.72. The van der Waals surface area contributed by atoms with Crippen molar-refractivity contribution in [2.24, 2.45) is 11.5 Å². The lowest BCUT2D eigenvalue weighted by Crippen LogP contribution is -1.99. The minimum atomic E-state index is -1.86. The molecule has 0 aliphatic carbocycles. The predicted octanol–water partition coefficient (Wildman–Crippen LogP) is 4.41. The molecule has 0 aliphatic heterocycles. The lowest BCUT2D eigenvalue weighted by atomic mass is 10.2. The fraction of sp³-hybridized carbons (Fsp3) is 0.368. The average Bonchev–Trinajstić information content (AvgIpc) is 3.06. The molecule has 2 atom stereocenters. The summed E-state index contributed by atoms with van der Waals surface area (Å²) < 4.78 is 57.0. The minimum absolute atomic E-state index is 0. The zero-order valence-corrected chi connectivity index (χ0v) is 30.2. The minimum Gasteiger partial charge on any atom is -0.773 e. The third-order valence-electron chi connectivity index (χ3n) is 4.34. The number of methoxy groups -OCH3 is 2. The molecule has 2 unspecified atom stereocenters. The van der Waals surface area contributed by atoms with Crippen LogP contribution < -0.4 is 30.4 Å². The van der Waals surface area contributed by atoms with Gasteiger partial charge in [0.1, 0.15) is 0 Å². The van der Waals surface area contributed by atoms with E-state index in [1.54, 1.807) is 28.1 Å². The van der Waals surface area contributed by atoms with Crippen LogP contribution in [0.3, 0.4) is 0 Å². The molecule has 0 fully saturated rings. The van der Waals surface area contributed by atoms with Crippen molar-refractivity contribution >= 4 is 22.2 Å². The van der Waals surface area contributed by atoms with Gasteiger partial charge in [0, 0.05) is 13.1 Å². The highest BCUT2D eigenvalue weighted by Crippen LogP contribution is 2.28. The van der Waals surface area contributed by atoms with Gasteiger partial charge in [-0.05, 0) is 135 Å². The molecule has 4 N–H and O–H groups in total. The van der Waals surface area contributed by atoms with Gasteiger partial charge in [0.05, 0.1) is 27.4 Å². The molecule has 0 aromatic heterocycles. The smallest absolute Gasteiger partial charge is 0.161 e. The number of ether oxygens (including phenoxy) is 4. The third-order valence-corrected chi connectivity index (χ3v) is 4.34. The molecule has 0 heterocycles. The Morgan fingerprint density at radius 1 is 0.580 bits per heavy atom. The van der Waals surface area contributed by atoms with Gasteiger partial charge in [-0.3, -0.25) is 8.42 Å². The second kappa shape index (κ2) is 40.3. The second-order valence-electron chi connectivity index (χ2n) is 7.80. The van der Waals surface area contributed by atoms with E-state index >= 15 is 0 Å². The number of hydrogen-bond acceptors (Lipinski definition) is 10. The Morgan fingerprint density at radius 2 is 0.840 bits per heavy atom. The van der Waals surface area contributed by atoms with E-state index in [1.165, 1.54) is 0 Å². The Balaban J connectivity index is -0.000000179. The lowest BCUT2D eigenvalue weighted by molar-refractivity contribution is 0.310. The van der Waals surface area contributed by atoms with Crippen LogP contribution in [0.4, 0.5) is 0 Å². The summed E-state index contributed by atoms with van der Waals surface area (Å²) in [7, 11) is 3.25. The Kier molecular flexibility index (Phi) is 44.0. The van der Waals surface area contributed by atoms with Crippen molar-refractivity contribution in [3.05, 3.63) is 47.5 Å². The number of nitrogens with two attached hydrogens (primary N) is 2. The van der Waals surface area contributed by atoms with E-state index in [4.69, 9.17) is 47.9 Å². The summed E-state index contributed by atoms with van der Waals surface area (Å²) in [6.45, 7) is 9.60. The fourth-order valence-electron chi connectivity index (χ4n) is 2.61. The largest absolute Gasteiger partial charge is 0.773 e. The van der Waals surface area contributed by atoms with Crippen molar-refractivity contribution in [2.75, 3.05) is 39.9 Å². The van der Waals surface area contributed by atoms with Crippen LogP contribution in [0.2, 0.25) is 0 Å². The molecule has 0 saturated carbocycles. The highest BCUT2D eigenvalue weighted by atomic mass is 32.2. The molecule has 274 valence electrons. The molecule has 10 nitrogen and oxygen atoms in total. The van der Waals surface area contributed by atoms with Crippen LogP contribution in [-0.2, 0) is 35.3 Å². The van der Waals surface area contributed by atoms with Gasteiger partial charge in [0.15, 0.2) is 23.0 Å². The SMILES string of the molecule is CC#CC#CC#CC#CC#CC#CC.CCOc1cc(CN)ccc1OC.CCOc1cc(CN)ccc1OC.[13CH3]S(=O)[O-].[13CH3]S(=O)[O-].[13CH4].[13CH4]. The topological polar surface area (TPSA) is 169 Å². The van der Waals surface area contributed by atoms with Crippen LogP contribution in [0.25, 0.3) is 0 Å². The van der Waals surface area contributed by atoms with Gasteiger partial charge in [0.2, 0.25) is 0 Å². The molecule has 2 aromatic rings. The highest BCUT2D eigenvalue weighted by molar-refractivity contribution is 7.78. The molecular formula is C38H50N2O8S2-2. The molecule has 2 aromatic carbocycles. The van der Waals surface area contributed by atoms with Crippen LogP contribution in [0.5, 0.6) is 23.0 Å². The van der Waals surface area contributed by atoms with Crippen LogP contribution in [0.15, 0.2) is 36.4 Å². The number of benzene rings is 2. The highest BCUT2D eigenvalue weighted by Gasteiger charge is 2.04. The zero-order chi connectivity index (χ0) is 37.0. The molecule has 0 radical (unpaired) electrons. The Bertz CT molecular complexity index is 1510. The van der Waals surface area contributed by atoms with Gasteiger partial charge in [0.25, 0.3) is 0 Å². The van der Waals surface area contributed by atoms with Crippen LogP contribution >= 0.6 is 0 Å². The van der Waals surface area contributed by atoms with Gasteiger partial charge < -0.3 is 39.5 Å². The maximum atomic E-state index is 9.00. The van der Waals surface area contributed by atoms with Crippen molar-refractivity contribution in [2.45, 2.75) is 55.6 Å². The Labute approximate surface area is 306 Å². The quantitative estimate of drug-likeness (QED) is 0.225. The van der Waals surface area contributed by atoms with E-state index in [-0.39, 0.29) is 14.9 Å². The van der Waals surface area contributed by atoms with E-state index in [2.05, 4.69) is 71.0 Å². The van der Waals surface area contributed by atoms with E-state index < -0.39 is 22.2 Å². The standard InChI is InChI=1S/C14H6.2C10H15NO2.2CH4O2S.2CH4/c1-3-5-7-9-11-13-14-12-10-8-6-4-2;2*1-3-13-10-6-8(7-11)4-5-9(10)12-2;2*1-4(2)3;;/h1-2H3;2*4-6H,3,7,11H2,1-2H3;2*1H3,(H,2,3);2*1H4/p-2/i;;;4*1+1. The summed E-state index contributed by atoms with van der Waals surface area (Å²) in [4.78, 5) is 0. The van der Waals surface area contributed by atoms with Gasteiger partial charge in [-0.15, -0.1) is 0 Å². The van der Waals surface area contributed by atoms with Gasteiger partial charge in [-0.2, -0.15) is 0 Å². The van der Waals surface area contributed by atoms with Gasteiger partial charge in [-0.25, -0.2) is 0 Å².